The van der Waals surface area contributed by atoms with E-state index in [2.05, 4.69) is 4.98 Å². The fraction of sp³-hybridized carbons (Fsp3) is 0.217. The van der Waals surface area contributed by atoms with Gasteiger partial charge in [0.1, 0.15) is 22.4 Å². The monoisotopic (exact) mass is 436 g/mol. The van der Waals surface area contributed by atoms with Crippen LogP contribution in [-0.2, 0) is 4.74 Å². The zero-order chi connectivity index (χ0) is 21.4. The number of nitrogens with one attached hydrogen (secondary N) is 1. The van der Waals surface area contributed by atoms with E-state index in [1.54, 1.807) is 17.0 Å². The van der Waals surface area contributed by atoms with Crippen molar-refractivity contribution in [2.75, 3.05) is 42.6 Å². The van der Waals surface area contributed by atoms with Gasteiger partial charge in [0.2, 0.25) is 0 Å². The number of aliphatic hydroxyl groups is 1. The van der Waals surface area contributed by atoms with Gasteiger partial charge in [0.05, 0.1) is 36.7 Å². The molecule has 2 aromatic carbocycles. The predicted molar refractivity (Wildman–Crippen MR) is 122 cm³/mol. The molecule has 8 heteroatoms. The molecule has 2 N–H and O–H groups in total. The number of halogens is 1. The van der Waals surface area contributed by atoms with Crippen molar-refractivity contribution in [3.8, 4) is 11.3 Å². The van der Waals surface area contributed by atoms with Gasteiger partial charge in [0, 0.05) is 29.7 Å². The normalized spacial score (nSPS) is 17.0. The highest BCUT2D eigenvalue weighted by molar-refractivity contribution is 7.11. The lowest BCUT2D eigenvalue weighted by Crippen LogP contribution is -2.36. The summed E-state index contributed by atoms with van der Waals surface area (Å²) in [7, 11) is 0. The molecule has 3 aromatic rings. The van der Waals surface area contributed by atoms with E-state index in [0.717, 1.165) is 11.3 Å². The molecular formula is C23H21FN4O2S. The van der Waals surface area contributed by atoms with Crippen LogP contribution in [0.2, 0.25) is 0 Å². The first kappa shape index (κ1) is 19.7. The second-order valence-corrected chi connectivity index (χ2v) is 8.25. The van der Waals surface area contributed by atoms with Gasteiger partial charge in [-0.3, -0.25) is 5.41 Å². The van der Waals surface area contributed by atoms with Crippen molar-refractivity contribution in [3.63, 3.8) is 0 Å². The van der Waals surface area contributed by atoms with Crippen molar-refractivity contribution in [2.45, 2.75) is 0 Å². The van der Waals surface area contributed by atoms with Crippen molar-refractivity contribution < 1.29 is 14.2 Å². The first-order chi connectivity index (χ1) is 15.1. The number of aliphatic hydroxyl groups excluding tert-OH is 1. The maximum atomic E-state index is 14.9. The minimum absolute atomic E-state index is 0.0663. The molecule has 0 spiro atoms. The molecule has 0 atom stereocenters. The second kappa shape index (κ2) is 8.13. The van der Waals surface area contributed by atoms with Gasteiger partial charge in [-0.1, -0.05) is 30.3 Å². The van der Waals surface area contributed by atoms with Crippen LogP contribution in [0.5, 0.6) is 0 Å². The average Bonchev–Trinajstić information content (AvgIpc) is 3.39. The summed E-state index contributed by atoms with van der Waals surface area (Å²) in [4.78, 5) is 8.18. The molecule has 2 aliphatic rings. The third-order valence-corrected chi connectivity index (χ3v) is 6.35. The van der Waals surface area contributed by atoms with Gasteiger partial charge in [0.25, 0.3) is 0 Å². The molecule has 0 unspecified atom stereocenters. The molecule has 5 rings (SSSR count). The van der Waals surface area contributed by atoms with Crippen molar-refractivity contribution >= 4 is 34.1 Å². The summed E-state index contributed by atoms with van der Waals surface area (Å²) in [5.41, 5.74) is 3.23. The number of hydrogen-bond acceptors (Lipinski definition) is 6. The zero-order valence-electron chi connectivity index (χ0n) is 16.7. The number of ether oxygens (including phenoxy) is 1. The molecule has 0 amide bonds. The summed E-state index contributed by atoms with van der Waals surface area (Å²) < 4.78 is 20.2. The smallest absolute Gasteiger partial charge is 0.148 e. The first-order valence-corrected chi connectivity index (χ1v) is 10.9. The molecule has 0 aliphatic carbocycles. The van der Waals surface area contributed by atoms with E-state index in [1.165, 1.54) is 17.4 Å². The second-order valence-electron chi connectivity index (χ2n) is 7.40. The quantitative estimate of drug-likeness (QED) is 0.628. The Morgan fingerprint density at radius 3 is 2.61 bits per heavy atom. The Hall–Kier alpha value is -3.23. The van der Waals surface area contributed by atoms with Gasteiger partial charge in [0.15, 0.2) is 0 Å². The van der Waals surface area contributed by atoms with E-state index in [1.807, 2.05) is 40.6 Å². The molecule has 31 heavy (non-hydrogen) atoms. The highest BCUT2D eigenvalue weighted by atomic mass is 32.1. The molecule has 0 saturated carbocycles. The van der Waals surface area contributed by atoms with Crippen LogP contribution in [0.25, 0.3) is 16.8 Å². The highest BCUT2D eigenvalue weighted by Crippen LogP contribution is 2.35. The third kappa shape index (κ3) is 3.68. The number of aromatic nitrogens is 1. The largest absolute Gasteiger partial charge is 0.510 e. The Morgan fingerprint density at radius 1 is 1.10 bits per heavy atom. The predicted octanol–water partition coefficient (Wildman–Crippen LogP) is 4.55. The summed E-state index contributed by atoms with van der Waals surface area (Å²) in [6.07, 6.45) is 0. The van der Waals surface area contributed by atoms with Crippen LogP contribution in [0.4, 0.5) is 15.8 Å². The number of amidine groups is 1. The fourth-order valence-corrected chi connectivity index (χ4v) is 4.77. The average molecular weight is 437 g/mol. The molecule has 1 aromatic heterocycles. The summed E-state index contributed by atoms with van der Waals surface area (Å²) in [5, 5.41) is 21.7. The van der Waals surface area contributed by atoms with Crippen LogP contribution in [0.15, 0.2) is 59.7 Å². The van der Waals surface area contributed by atoms with Gasteiger partial charge < -0.3 is 19.6 Å². The maximum absolute atomic E-state index is 14.9. The van der Waals surface area contributed by atoms with Crippen LogP contribution >= 0.6 is 11.3 Å². The molecular weight excluding hydrogens is 415 g/mol. The lowest BCUT2D eigenvalue weighted by Gasteiger charge is -2.29. The van der Waals surface area contributed by atoms with E-state index >= 15 is 0 Å². The minimum Gasteiger partial charge on any atom is -0.510 e. The molecule has 0 bridgehead atoms. The van der Waals surface area contributed by atoms with Gasteiger partial charge in [-0.25, -0.2) is 9.37 Å². The molecule has 158 valence electrons. The molecule has 6 nitrogen and oxygen atoms in total. The topological polar surface area (TPSA) is 72.7 Å². The molecule has 3 heterocycles. The van der Waals surface area contributed by atoms with Gasteiger partial charge in [-0.15, -0.1) is 11.3 Å². The number of anilines is 2. The number of hydrogen-bond donors (Lipinski definition) is 2. The SMILES string of the molecule is N=C1C(c2nc(-c3ccccc3)cs2)=C(O)CN1c1ccc(N2CCOCC2)c(F)c1. The van der Waals surface area contributed by atoms with Crippen LogP contribution < -0.4 is 9.80 Å². The lowest BCUT2D eigenvalue weighted by atomic mass is 10.2. The number of rotatable bonds is 4. The molecule has 1 fully saturated rings. The minimum atomic E-state index is -0.347. The summed E-state index contributed by atoms with van der Waals surface area (Å²) in [6, 6.07) is 14.7. The zero-order valence-corrected chi connectivity index (χ0v) is 17.5. The Bertz CT molecular complexity index is 1160. The maximum Gasteiger partial charge on any atom is 0.148 e. The summed E-state index contributed by atoms with van der Waals surface area (Å²) in [6.45, 7) is 2.58. The summed E-state index contributed by atoms with van der Waals surface area (Å²) >= 11 is 1.38. The first-order valence-electron chi connectivity index (χ1n) is 10.0. The number of nitrogens with zero attached hydrogens (tertiary/aromatic N) is 3. The van der Waals surface area contributed by atoms with Crippen molar-refractivity contribution in [2.24, 2.45) is 0 Å². The van der Waals surface area contributed by atoms with Crippen LogP contribution in [0.1, 0.15) is 5.01 Å². The summed E-state index contributed by atoms with van der Waals surface area (Å²) in [5.74, 6) is -0.164. The number of benzene rings is 2. The Kier molecular flexibility index (Phi) is 5.17. The van der Waals surface area contributed by atoms with Crippen LogP contribution in [-0.4, -0.2) is 48.8 Å². The standard InChI is InChI=1S/C23H21FN4O2S/c24-17-12-16(6-7-19(17)27-8-10-30-11-9-27)28-13-20(29)21(22(28)25)23-26-18(14-31-23)15-4-2-1-3-5-15/h1-7,12,14,25,29H,8-11,13H2. The molecule has 1 saturated heterocycles. The Balaban J connectivity index is 1.39. The van der Waals surface area contributed by atoms with Gasteiger partial charge in [-0.2, -0.15) is 0 Å². The Morgan fingerprint density at radius 2 is 1.87 bits per heavy atom. The van der Waals surface area contributed by atoms with E-state index in [4.69, 9.17) is 10.1 Å². The molecule has 2 aliphatic heterocycles. The number of thiazole rings is 1. The van der Waals surface area contributed by atoms with E-state index < -0.39 is 0 Å². The van der Waals surface area contributed by atoms with Gasteiger partial charge >= 0.3 is 0 Å². The lowest BCUT2D eigenvalue weighted by molar-refractivity contribution is 0.122. The highest BCUT2D eigenvalue weighted by Gasteiger charge is 2.32. The van der Waals surface area contributed by atoms with E-state index in [0.29, 0.717) is 48.3 Å². The van der Waals surface area contributed by atoms with Crippen molar-refractivity contribution in [1.29, 1.82) is 5.41 Å². The van der Waals surface area contributed by atoms with Crippen LogP contribution in [0, 0.1) is 11.2 Å². The van der Waals surface area contributed by atoms with Crippen molar-refractivity contribution in [3.05, 3.63) is 70.5 Å². The van der Waals surface area contributed by atoms with Crippen LogP contribution in [0.3, 0.4) is 0 Å². The van der Waals surface area contributed by atoms with E-state index in [-0.39, 0.29) is 24.0 Å². The van der Waals surface area contributed by atoms with Gasteiger partial charge in [-0.05, 0) is 18.2 Å². The van der Waals surface area contributed by atoms with Crippen molar-refractivity contribution in [1.82, 2.24) is 4.98 Å². The fourth-order valence-electron chi connectivity index (χ4n) is 3.88. The number of morpholine rings is 1. The molecule has 0 radical (unpaired) electrons. The Labute approximate surface area is 183 Å². The third-order valence-electron chi connectivity index (χ3n) is 5.49. The van der Waals surface area contributed by atoms with E-state index in [9.17, 15) is 9.50 Å².